The molecule has 4 amide bonds. The van der Waals surface area contributed by atoms with E-state index in [-0.39, 0.29) is 11.4 Å². The third-order valence-electron chi connectivity index (χ3n) is 4.32. The first-order valence-corrected chi connectivity index (χ1v) is 11.2. The summed E-state index contributed by atoms with van der Waals surface area (Å²) in [7, 11) is 1.46. The summed E-state index contributed by atoms with van der Waals surface area (Å²) < 4.78 is 11.8. The number of benzene rings is 2. The van der Waals surface area contributed by atoms with Crippen molar-refractivity contribution in [1.82, 2.24) is 10.2 Å². The fourth-order valence-corrected chi connectivity index (χ4v) is 4.59. The highest BCUT2D eigenvalue weighted by Crippen LogP contribution is 2.33. The summed E-state index contributed by atoms with van der Waals surface area (Å²) in [6.07, 6.45) is 1.36. The molecule has 0 saturated carbocycles. The molecule has 10 nitrogen and oxygen atoms in total. The Morgan fingerprint density at radius 1 is 1.27 bits per heavy atom. The lowest BCUT2D eigenvalue weighted by Crippen LogP contribution is -2.38. The van der Waals surface area contributed by atoms with Crippen LogP contribution < -0.4 is 20.1 Å². The predicted octanol–water partition coefficient (Wildman–Crippen LogP) is 3.06. The molecular weight excluding hydrogens is 613 g/mol. The average Bonchev–Trinajstić information content (AvgIpc) is 3.00. The third-order valence-corrected chi connectivity index (χ3v) is 5.53. The predicted molar refractivity (Wildman–Crippen MR) is 130 cm³/mol. The molecule has 0 aliphatic carbocycles. The van der Waals surface area contributed by atoms with Crippen LogP contribution in [0.2, 0.25) is 0 Å². The van der Waals surface area contributed by atoms with Crippen molar-refractivity contribution < 1.29 is 33.8 Å². The van der Waals surface area contributed by atoms with Crippen molar-refractivity contribution in [3.05, 3.63) is 55.7 Å². The molecule has 0 bridgehead atoms. The molecule has 1 aliphatic heterocycles. The van der Waals surface area contributed by atoms with Crippen molar-refractivity contribution in [2.75, 3.05) is 25.6 Å². The second kappa shape index (κ2) is 10.7. The minimum absolute atomic E-state index is 0.0841. The number of methoxy groups -OCH3 is 1. The SMILES string of the molecule is COc1ccccc1NC(=O)CN1C(=O)N/C(=C/c2cc(I)cc(Br)c2OCC(=O)O)C1=O. The number of nitrogens with zero attached hydrogens (tertiary/aromatic N) is 1. The molecule has 0 radical (unpaired) electrons. The van der Waals surface area contributed by atoms with Gasteiger partial charge in [0.1, 0.15) is 23.7 Å². The number of anilines is 1. The second-order valence-corrected chi connectivity index (χ2v) is 8.72. The van der Waals surface area contributed by atoms with Crippen LogP contribution in [0.3, 0.4) is 0 Å². The molecule has 0 atom stereocenters. The van der Waals surface area contributed by atoms with Crippen molar-refractivity contribution in [2.45, 2.75) is 0 Å². The Hall–Kier alpha value is -3.13. The molecule has 1 aliphatic rings. The van der Waals surface area contributed by atoms with Gasteiger partial charge in [-0.25, -0.2) is 14.5 Å². The quantitative estimate of drug-likeness (QED) is 0.232. The van der Waals surface area contributed by atoms with E-state index in [1.54, 1.807) is 36.4 Å². The molecule has 33 heavy (non-hydrogen) atoms. The van der Waals surface area contributed by atoms with E-state index in [9.17, 15) is 19.2 Å². The van der Waals surface area contributed by atoms with Gasteiger partial charge in [0.05, 0.1) is 17.3 Å². The van der Waals surface area contributed by atoms with Gasteiger partial charge in [0.2, 0.25) is 5.91 Å². The van der Waals surface area contributed by atoms with Gasteiger partial charge in [-0.2, -0.15) is 0 Å². The van der Waals surface area contributed by atoms with Crippen molar-refractivity contribution >= 4 is 74.1 Å². The van der Waals surface area contributed by atoms with Crippen LogP contribution in [0.15, 0.2) is 46.6 Å². The van der Waals surface area contributed by atoms with E-state index in [0.29, 0.717) is 21.5 Å². The summed E-state index contributed by atoms with van der Waals surface area (Å²) in [5.74, 6) is -1.85. The van der Waals surface area contributed by atoms with Gasteiger partial charge < -0.3 is 25.2 Å². The maximum Gasteiger partial charge on any atom is 0.341 e. The Kier molecular flexibility index (Phi) is 7.92. The van der Waals surface area contributed by atoms with Crippen LogP contribution in [0.1, 0.15) is 5.56 Å². The number of ether oxygens (including phenoxy) is 2. The molecular formula is C21H17BrIN3O7. The van der Waals surface area contributed by atoms with Gasteiger partial charge in [-0.05, 0) is 68.9 Å². The minimum atomic E-state index is -1.17. The molecule has 0 aromatic heterocycles. The number of hydrogen-bond donors (Lipinski definition) is 3. The number of imide groups is 1. The van der Waals surface area contributed by atoms with Gasteiger partial charge in [0.25, 0.3) is 5.91 Å². The normalized spacial score (nSPS) is 14.3. The smallest absolute Gasteiger partial charge is 0.341 e. The van der Waals surface area contributed by atoms with E-state index in [0.717, 1.165) is 8.47 Å². The van der Waals surface area contributed by atoms with Crippen LogP contribution in [0, 0.1) is 3.57 Å². The van der Waals surface area contributed by atoms with Crippen LogP contribution in [0.4, 0.5) is 10.5 Å². The Bertz CT molecular complexity index is 1170. The number of aliphatic carboxylic acids is 1. The zero-order chi connectivity index (χ0) is 24.1. The first kappa shape index (κ1) is 24.5. The molecule has 172 valence electrons. The van der Waals surface area contributed by atoms with E-state index in [4.69, 9.17) is 14.6 Å². The number of carboxylic acids is 1. The Labute approximate surface area is 210 Å². The Morgan fingerprint density at radius 2 is 2.00 bits per heavy atom. The van der Waals surface area contributed by atoms with E-state index < -0.39 is 37.0 Å². The molecule has 12 heteroatoms. The number of rotatable bonds is 8. The van der Waals surface area contributed by atoms with Gasteiger partial charge in [0, 0.05) is 9.13 Å². The minimum Gasteiger partial charge on any atom is -0.495 e. The highest BCUT2D eigenvalue weighted by molar-refractivity contribution is 14.1. The molecule has 1 heterocycles. The number of amides is 4. The van der Waals surface area contributed by atoms with Gasteiger partial charge in [-0.15, -0.1) is 0 Å². The number of nitrogens with one attached hydrogen (secondary N) is 2. The zero-order valence-electron chi connectivity index (χ0n) is 17.1. The summed E-state index contributed by atoms with van der Waals surface area (Å²) in [5, 5.41) is 13.9. The molecule has 3 N–H and O–H groups in total. The molecule has 0 spiro atoms. The lowest BCUT2D eigenvalue weighted by atomic mass is 10.1. The number of carboxylic acid groups (broad SMARTS) is 1. The fourth-order valence-electron chi connectivity index (χ4n) is 2.93. The van der Waals surface area contributed by atoms with Crippen molar-refractivity contribution in [2.24, 2.45) is 0 Å². The van der Waals surface area contributed by atoms with Crippen LogP contribution in [-0.2, 0) is 14.4 Å². The molecule has 2 aromatic rings. The topological polar surface area (TPSA) is 134 Å². The number of urea groups is 1. The van der Waals surface area contributed by atoms with E-state index in [2.05, 4.69) is 26.6 Å². The Balaban J connectivity index is 1.80. The van der Waals surface area contributed by atoms with Crippen molar-refractivity contribution in [1.29, 1.82) is 0 Å². The number of carbonyl (C=O) groups is 4. The standard InChI is InChI=1S/C21H17BrIN3O7/c1-32-16-5-3-2-4-14(16)24-17(27)9-26-20(30)15(25-21(26)31)7-11-6-12(23)8-13(22)19(11)33-10-18(28)29/h2-8H,9-10H2,1H3,(H,24,27)(H,25,31)(H,28,29)/b15-7+. The highest BCUT2D eigenvalue weighted by atomic mass is 127. The summed E-state index contributed by atoms with van der Waals surface area (Å²) >= 11 is 5.36. The first-order valence-electron chi connectivity index (χ1n) is 9.30. The summed E-state index contributed by atoms with van der Waals surface area (Å²) in [5.41, 5.74) is 0.690. The summed E-state index contributed by atoms with van der Waals surface area (Å²) in [6, 6.07) is 9.33. The van der Waals surface area contributed by atoms with Crippen LogP contribution >= 0.6 is 38.5 Å². The molecule has 3 rings (SSSR count). The first-order chi connectivity index (χ1) is 15.7. The van der Waals surface area contributed by atoms with E-state index in [1.165, 1.54) is 13.2 Å². The molecule has 1 fully saturated rings. The number of carbonyl (C=O) groups excluding carboxylic acids is 3. The zero-order valence-corrected chi connectivity index (χ0v) is 20.8. The van der Waals surface area contributed by atoms with Gasteiger partial charge in [-0.3, -0.25) is 9.59 Å². The molecule has 1 saturated heterocycles. The van der Waals surface area contributed by atoms with E-state index in [1.807, 2.05) is 22.6 Å². The van der Waals surface area contributed by atoms with Gasteiger partial charge >= 0.3 is 12.0 Å². The van der Waals surface area contributed by atoms with Crippen LogP contribution in [0.25, 0.3) is 6.08 Å². The lowest BCUT2D eigenvalue weighted by Gasteiger charge is -2.13. The number of hydrogen-bond acceptors (Lipinski definition) is 6. The average molecular weight is 630 g/mol. The second-order valence-electron chi connectivity index (χ2n) is 6.62. The summed E-state index contributed by atoms with van der Waals surface area (Å²) in [6.45, 7) is -1.11. The molecule has 2 aromatic carbocycles. The molecule has 0 unspecified atom stereocenters. The maximum atomic E-state index is 12.8. The number of halogens is 2. The van der Waals surface area contributed by atoms with E-state index >= 15 is 0 Å². The van der Waals surface area contributed by atoms with Crippen LogP contribution in [-0.4, -0.2) is 54.1 Å². The number of para-hydroxylation sites is 2. The van der Waals surface area contributed by atoms with Crippen molar-refractivity contribution in [3.8, 4) is 11.5 Å². The largest absolute Gasteiger partial charge is 0.495 e. The maximum absolute atomic E-state index is 12.8. The van der Waals surface area contributed by atoms with Gasteiger partial charge in [0.15, 0.2) is 6.61 Å². The van der Waals surface area contributed by atoms with Gasteiger partial charge in [-0.1, -0.05) is 12.1 Å². The monoisotopic (exact) mass is 629 g/mol. The fraction of sp³-hybridized carbons (Fsp3) is 0.143. The van der Waals surface area contributed by atoms with Crippen LogP contribution in [0.5, 0.6) is 11.5 Å². The highest BCUT2D eigenvalue weighted by Gasteiger charge is 2.35. The third kappa shape index (κ3) is 6.01. The summed E-state index contributed by atoms with van der Waals surface area (Å²) in [4.78, 5) is 49.3. The van der Waals surface area contributed by atoms with Crippen molar-refractivity contribution in [3.63, 3.8) is 0 Å². The Morgan fingerprint density at radius 3 is 2.70 bits per heavy atom. The lowest BCUT2D eigenvalue weighted by molar-refractivity contribution is -0.139.